The van der Waals surface area contributed by atoms with Gasteiger partial charge in [-0.2, -0.15) is 0 Å². The van der Waals surface area contributed by atoms with Gasteiger partial charge in [-0.1, -0.05) is 23.7 Å². The zero-order valence-electron chi connectivity index (χ0n) is 12.2. The van der Waals surface area contributed by atoms with Crippen molar-refractivity contribution < 1.29 is 8.42 Å². The van der Waals surface area contributed by atoms with Crippen molar-refractivity contribution in [1.29, 1.82) is 0 Å². The predicted molar refractivity (Wildman–Crippen MR) is 84.8 cm³/mol. The van der Waals surface area contributed by atoms with Crippen LogP contribution in [-0.4, -0.2) is 38.7 Å². The molecule has 0 unspecified atom stereocenters. The normalized spacial score (nSPS) is 29.7. The summed E-state index contributed by atoms with van der Waals surface area (Å²) in [7, 11) is -3.07. The summed E-state index contributed by atoms with van der Waals surface area (Å²) in [6.45, 7) is 3.11. The maximum Gasteiger partial charge on any atom is 0.208 e. The van der Waals surface area contributed by atoms with Crippen LogP contribution >= 0.6 is 11.6 Å². The number of nitrogens with zero attached hydrogens (tertiary/aromatic N) is 1. The maximum absolute atomic E-state index is 11.2. The third-order valence-corrected chi connectivity index (χ3v) is 5.59. The van der Waals surface area contributed by atoms with Crippen LogP contribution < -0.4 is 4.72 Å². The van der Waals surface area contributed by atoms with Crippen molar-refractivity contribution in [2.45, 2.75) is 31.8 Å². The molecule has 4 nitrogen and oxygen atoms in total. The summed E-state index contributed by atoms with van der Waals surface area (Å²) in [5.41, 5.74) is 1.61. The van der Waals surface area contributed by atoms with E-state index in [2.05, 4.69) is 21.8 Å². The van der Waals surface area contributed by atoms with Gasteiger partial charge in [-0.3, -0.25) is 4.90 Å². The van der Waals surface area contributed by atoms with Crippen LogP contribution in [-0.2, 0) is 16.6 Å². The second-order valence-electron chi connectivity index (χ2n) is 6.58. The first-order valence-electron chi connectivity index (χ1n) is 7.28. The van der Waals surface area contributed by atoms with Gasteiger partial charge in [-0.15, -0.1) is 0 Å². The number of nitrogens with one attached hydrogen (secondary N) is 1. The molecule has 0 bridgehead atoms. The van der Waals surface area contributed by atoms with Crippen LogP contribution in [0.5, 0.6) is 0 Å². The SMILES string of the molecule is CS(=O)(=O)NC1CC2(CCN(Cc3ccc(Cl)cc3)C2)C1. The lowest BCUT2D eigenvalue weighted by Crippen LogP contribution is -2.51. The summed E-state index contributed by atoms with van der Waals surface area (Å²) in [6.07, 6.45) is 4.34. The predicted octanol–water partition coefficient (Wildman–Crippen LogP) is 2.24. The van der Waals surface area contributed by atoms with Crippen molar-refractivity contribution in [2.24, 2.45) is 5.41 Å². The molecule has 1 saturated heterocycles. The number of halogens is 1. The fourth-order valence-corrected chi connectivity index (χ4v) is 4.61. The Balaban J connectivity index is 1.51. The first kappa shape index (κ1) is 15.3. The Morgan fingerprint density at radius 1 is 1.33 bits per heavy atom. The highest BCUT2D eigenvalue weighted by molar-refractivity contribution is 7.88. The van der Waals surface area contributed by atoms with Crippen LogP contribution in [0.1, 0.15) is 24.8 Å². The van der Waals surface area contributed by atoms with E-state index in [0.29, 0.717) is 5.41 Å². The van der Waals surface area contributed by atoms with E-state index in [1.54, 1.807) is 0 Å². The fraction of sp³-hybridized carbons (Fsp3) is 0.600. The zero-order chi connectivity index (χ0) is 15.1. The Morgan fingerprint density at radius 2 is 2.00 bits per heavy atom. The molecule has 0 atom stereocenters. The summed E-state index contributed by atoms with van der Waals surface area (Å²) in [6, 6.07) is 8.14. The van der Waals surface area contributed by atoms with E-state index in [-0.39, 0.29) is 6.04 Å². The highest BCUT2D eigenvalue weighted by Crippen LogP contribution is 2.48. The van der Waals surface area contributed by atoms with Crippen LogP contribution in [0.3, 0.4) is 0 Å². The average Bonchev–Trinajstić information content (AvgIpc) is 2.74. The standard InChI is InChI=1S/C15H21ClN2O2S/c1-21(19,20)17-14-8-15(9-14)6-7-18(11-15)10-12-2-4-13(16)5-3-12/h2-5,14,17H,6-11H2,1H3. The third kappa shape index (κ3) is 3.77. The Kier molecular flexibility index (Phi) is 4.03. The van der Waals surface area contributed by atoms with Gasteiger partial charge in [-0.05, 0) is 48.9 Å². The number of hydrogen-bond acceptors (Lipinski definition) is 3. The lowest BCUT2D eigenvalue weighted by Gasteiger charge is -2.45. The average molecular weight is 329 g/mol. The van der Waals surface area contributed by atoms with Gasteiger partial charge in [0.25, 0.3) is 0 Å². The van der Waals surface area contributed by atoms with E-state index < -0.39 is 10.0 Å². The maximum atomic E-state index is 11.2. The van der Waals surface area contributed by atoms with E-state index in [1.807, 2.05) is 12.1 Å². The van der Waals surface area contributed by atoms with Crippen molar-refractivity contribution in [3.8, 4) is 0 Å². The number of benzene rings is 1. The highest BCUT2D eigenvalue weighted by Gasteiger charge is 2.48. The molecule has 1 aliphatic carbocycles. The Morgan fingerprint density at radius 3 is 2.62 bits per heavy atom. The van der Waals surface area contributed by atoms with Gasteiger partial charge in [0.1, 0.15) is 0 Å². The molecule has 1 saturated carbocycles. The summed E-state index contributed by atoms with van der Waals surface area (Å²) in [5.74, 6) is 0. The molecule has 6 heteroatoms. The molecule has 1 spiro atoms. The number of hydrogen-bond donors (Lipinski definition) is 1. The lowest BCUT2D eigenvalue weighted by molar-refractivity contribution is 0.101. The largest absolute Gasteiger partial charge is 0.299 e. The summed E-state index contributed by atoms with van der Waals surface area (Å²) in [5, 5.41) is 0.769. The van der Waals surface area contributed by atoms with Gasteiger partial charge >= 0.3 is 0 Å². The fourth-order valence-electron chi connectivity index (χ4n) is 3.72. The zero-order valence-corrected chi connectivity index (χ0v) is 13.8. The molecular weight excluding hydrogens is 308 g/mol. The molecule has 21 heavy (non-hydrogen) atoms. The number of sulfonamides is 1. The second kappa shape index (κ2) is 5.54. The van der Waals surface area contributed by atoms with Crippen molar-refractivity contribution in [3.05, 3.63) is 34.9 Å². The van der Waals surface area contributed by atoms with Crippen LogP contribution in [0.25, 0.3) is 0 Å². The van der Waals surface area contributed by atoms with Crippen molar-refractivity contribution >= 4 is 21.6 Å². The molecule has 1 aromatic carbocycles. The molecule has 1 heterocycles. The van der Waals surface area contributed by atoms with E-state index in [9.17, 15) is 8.42 Å². The van der Waals surface area contributed by atoms with Gasteiger partial charge in [0.2, 0.25) is 10.0 Å². The Hall–Kier alpha value is -0.620. The topological polar surface area (TPSA) is 49.4 Å². The summed E-state index contributed by atoms with van der Waals surface area (Å²) in [4.78, 5) is 2.46. The molecule has 0 aromatic heterocycles. The van der Waals surface area contributed by atoms with Crippen molar-refractivity contribution in [2.75, 3.05) is 19.3 Å². The van der Waals surface area contributed by atoms with Gasteiger partial charge in [-0.25, -0.2) is 13.1 Å². The van der Waals surface area contributed by atoms with Crippen LogP contribution in [0.4, 0.5) is 0 Å². The first-order chi connectivity index (χ1) is 9.84. The van der Waals surface area contributed by atoms with Gasteiger partial charge < -0.3 is 0 Å². The molecule has 1 aliphatic heterocycles. The molecule has 3 rings (SSSR count). The summed E-state index contributed by atoms with van der Waals surface area (Å²) >= 11 is 5.90. The monoisotopic (exact) mass is 328 g/mol. The van der Waals surface area contributed by atoms with Crippen LogP contribution in [0.2, 0.25) is 5.02 Å². The first-order valence-corrected chi connectivity index (χ1v) is 9.55. The molecule has 1 aromatic rings. The van der Waals surface area contributed by atoms with Crippen LogP contribution in [0.15, 0.2) is 24.3 Å². The highest BCUT2D eigenvalue weighted by atomic mass is 35.5. The Bertz CT molecular complexity index is 609. The quantitative estimate of drug-likeness (QED) is 0.922. The van der Waals surface area contributed by atoms with Gasteiger partial charge in [0.15, 0.2) is 0 Å². The smallest absolute Gasteiger partial charge is 0.208 e. The molecule has 0 amide bonds. The summed E-state index contributed by atoms with van der Waals surface area (Å²) < 4.78 is 25.2. The van der Waals surface area contributed by atoms with Gasteiger partial charge in [0.05, 0.1) is 6.26 Å². The molecular formula is C15H21ClN2O2S. The van der Waals surface area contributed by atoms with E-state index in [1.165, 1.54) is 18.2 Å². The van der Waals surface area contributed by atoms with Crippen molar-refractivity contribution in [1.82, 2.24) is 9.62 Å². The van der Waals surface area contributed by atoms with Gasteiger partial charge in [0, 0.05) is 24.2 Å². The molecule has 2 fully saturated rings. The number of rotatable bonds is 4. The van der Waals surface area contributed by atoms with Crippen LogP contribution in [0, 0.1) is 5.41 Å². The minimum Gasteiger partial charge on any atom is -0.299 e. The third-order valence-electron chi connectivity index (χ3n) is 4.58. The Labute approximate surface area is 131 Å². The molecule has 0 radical (unpaired) electrons. The van der Waals surface area contributed by atoms with E-state index in [0.717, 1.165) is 37.5 Å². The molecule has 2 aliphatic rings. The number of likely N-dealkylation sites (tertiary alicyclic amines) is 1. The molecule has 1 N–H and O–H groups in total. The van der Waals surface area contributed by atoms with Crippen molar-refractivity contribution in [3.63, 3.8) is 0 Å². The van der Waals surface area contributed by atoms with E-state index >= 15 is 0 Å². The minimum atomic E-state index is -3.07. The lowest BCUT2D eigenvalue weighted by atomic mass is 9.65. The molecule has 116 valence electrons. The van der Waals surface area contributed by atoms with E-state index in [4.69, 9.17) is 11.6 Å². The second-order valence-corrected chi connectivity index (χ2v) is 8.80. The minimum absolute atomic E-state index is 0.135.